The van der Waals surface area contributed by atoms with E-state index in [-0.39, 0.29) is 16.7 Å². The van der Waals surface area contributed by atoms with Gasteiger partial charge in [0.2, 0.25) is 0 Å². The molecular formula is C26H28FN5O5. The third-order valence-corrected chi connectivity index (χ3v) is 6.88. The molecule has 2 aromatic carbocycles. The predicted octanol–water partition coefficient (Wildman–Crippen LogP) is 2.74. The van der Waals surface area contributed by atoms with E-state index in [1.807, 2.05) is 29.0 Å². The quantitative estimate of drug-likeness (QED) is 0.553. The Labute approximate surface area is 212 Å². The topological polar surface area (TPSA) is 110 Å². The minimum atomic E-state index is -0.955. The molecule has 0 aliphatic carbocycles. The number of para-hydroxylation sites is 2. The molecule has 3 heterocycles. The van der Waals surface area contributed by atoms with Gasteiger partial charge < -0.3 is 34.4 Å². The molecule has 2 aliphatic heterocycles. The highest BCUT2D eigenvalue weighted by Gasteiger charge is 2.24. The predicted molar refractivity (Wildman–Crippen MR) is 138 cm³/mol. The number of carbonyl (C=O) groups excluding carboxylic acids is 1. The fraction of sp³-hybridized carbons (Fsp3) is 0.346. The van der Waals surface area contributed by atoms with Crippen molar-refractivity contribution in [3.05, 3.63) is 64.3 Å². The van der Waals surface area contributed by atoms with Gasteiger partial charge in [-0.05, 0) is 25.2 Å². The first-order valence-electron chi connectivity index (χ1n) is 12.1. The number of rotatable bonds is 4. The number of hydrogen-bond donors (Lipinski definition) is 2. The highest BCUT2D eigenvalue weighted by Crippen LogP contribution is 2.30. The number of anilines is 3. The number of halogens is 1. The van der Waals surface area contributed by atoms with Crippen LogP contribution in [0, 0.1) is 5.82 Å². The minimum absolute atomic E-state index is 0.0854. The molecule has 2 saturated heterocycles. The van der Waals surface area contributed by atoms with E-state index in [9.17, 15) is 23.9 Å². The lowest BCUT2D eigenvalue weighted by molar-refractivity contribution is 0.0997. The molecule has 5 rings (SSSR count). The Bertz CT molecular complexity index is 1390. The molecular weight excluding hydrogens is 481 g/mol. The summed E-state index contributed by atoms with van der Waals surface area (Å²) >= 11 is 0. The van der Waals surface area contributed by atoms with Crippen molar-refractivity contribution in [1.29, 1.82) is 0 Å². The van der Waals surface area contributed by atoms with Crippen LogP contribution in [0.25, 0.3) is 11.0 Å². The Hall–Kier alpha value is -4.12. The van der Waals surface area contributed by atoms with Crippen LogP contribution in [0.5, 0.6) is 0 Å². The molecule has 1 aromatic heterocycles. The molecule has 0 bridgehead atoms. The first-order chi connectivity index (χ1) is 17.8. The number of carboxylic acid groups (broad SMARTS) is 1. The fourth-order valence-corrected chi connectivity index (χ4v) is 4.78. The van der Waals surface area contributed by atoms with Gasteiger partial charge in [-0.3, -0.25) is 9.59 Å². The van der Waals surface area contributed by atoms with Crippen molar-refractivity contribution >= 4 is 40.0 Å². The molecule has 11 heteroatoms. The first kappa shape index (κ1) is 24.6. The van der Waals surface area contributed by atoms with Gasteiger partial charge in [0, 0.05) is 64.5 Å². The van der Waals surface area contributed by atoms with Crippen molar-refractivity contribution in [2.75, 3.05) is 74.5 Å². The Morgan fingerprint density at radius 2 is 1.57 bits per heavy atom. The normalized spacial score (nSPS) is 16.8. The summed E-state index contributed by atoms with van der Waals surface area (Å²) in [5.41, 5.74) is 1.38. The molecule has 3 aromatic rings. The number of fused-ring (bicyclic) bond motifs is 1. The van der Waals surface area contributed by atoms with Crippen molar-refractivity contribution in [2.24, 2.45) is 0 Å². The molecule has 2 N–H and O–H groups in total. The van der Waals surface area contributed by atoms with E-state index in [0.29, 0.717) is 50.6 Å². The average Bonchev–Trinajstić information content (AvgIpc) is 2.89. The Morgan fingerprint density at radius 1 is 0.919 bits per heavy atom. The van der Waals surface area contributed by atoms with Gasteiger partial charge in [-0.1, -0.05) is 12.1 Å². The van der Waals surface area contributed by atoms with Crippen LogP contribution in [0.1, 0.15) is 10.6 Å². The number of likely N-dealkylation sites (N-methyl/N-ethyl adjacent to an activating group) is 1. The average molecular weight is 510 g/mol. The molecule has 2 aliphatic rings. The van der Waals surface area contributed by atoms with Crippen LogP contribution in [-0.4, -0.2) is 86.3 Å². The number of nitrogens with one attached hydrogen (secondary N) is 1. The molecule has 10 nitrogen and oxygen atoms in total. The van der Waals surface area contributed by atoms with Crippen LogP contribution in [0.4, 0.5) is 26.2 Å². The summed E-state index contributed by atoms with van der Waals surface area (Å²) in [7, 11) is 2.01. The molecule has 194 valence electrons. The van der Waals surface area contributed by atoms with Gasteiger partial charge in [0.25, 0.3) is 5.91 Å². The first-order valence-corrected chi connectivity index (χ1v) is 12.1. The Balaban J connectivity index is 1.43. The van der Waals surface area contributed by atoms with Crippen LogP contribution in [0.15, 0.2) is 51.7 Å². The van der Waals surface area contributed by atoms with Gasteiger partial charge in [-0.15, -0.1) is 0 Å². The van der Waals surface area contributed by atoms with Gasteiger partial charge in [0.05, 0.1) is 22.4 Å². The summed E-state index contributed by atoms with van der Waals surface area (Å²) in [6, 6.07) is 10.7. The second-order valence-corrected chi connectivity index (χ2v) is 9.29. The summed E-state index contributed by atoms with van der Waals surface area (Å²) in [5, 5.41) is 12.1. The van der Waals surface area contributed by atoms with Crippen LogP contribution in [0.3, 0.4) is 0 Å². The van der Waals surface area contributed by atoms with Gasteiger partial charge in [-0.25, -0.2) is 9.18 Å². The molecule has 0 saturated carbocycles. The van der Waals surface area contributed by atoms with Gasteiger partial charge in [0.15, 0.2) is 16.8 Å². The Morgan fingerprint density at radius 3 is 2.27 bits per heavy atom. The molecule has 2 fully saturated rings. The summed E-state index contributed by atoms with van der Waals surface area (Å²) in [4.78, 5) is 44.8. The zero-order chi connectivity index (χ0) is 26.1. The van der Waals surface area contributed by atoms with E-state index in [1.54, 1.807) is 12.1 Å². The zero-order valence-electron chi connectivity index (χ0n) is 20.4. The highest BCUT2D eigenvalue weighted by molar-refractivity contribution is 6.05. The molecule has 0 spiro atoms. The monoisotopic (exact) mass is 509 g/mol. The van der Waals surface area contributed by atoms with E-state index >= 15 is 0 Å². The van der Waals surface area contributed by atoms with Gasteiger partial charge in [0.1, 0.15) is 5.82 Å². The van der Waals surface area contributed by atoms with Crippen LogP contribution >= 0.6 is 0 Å². The maximum absolute atomic E-state index is 14.4. The number of hydrogen-bond acceptors (Lipinski definition) is 7. The lowest BCUT2D eigenvalue weighted by Crippen LogP contribution is -2.48. The SMILES string of the molecule is CN1CCN(c2cc(F)cc3c(=O)cc(C(=O)Nc4ccccc4N4CCN(C(=O)O)CC4)oc23)CC1. The van der Waals surface area contributed by atoms with E-state index in [0.717, 1.165) is 30.9 Å². The summed E-state index contributed by atoms with van der Waals surface area (Å²) in [5.74, 6) is -1.32. The summed E-state index contributed by atoms with van der Waals surface area (Å²) < 4.78 is 20.4. The van der Waals surface area contributed by atoms with Crippen LogP contribution < -0.4 is 20.5 Å². The van der Waals surface area contributed by atoms with Crippen molar-refractivity contribution in [1.82, 2.24) is 9.80 Å². The molecule has 0 atom stereocenters. The van der Waals surface area contributed by atoms with Crippen LogP contribution in [-0.2, 0) is 0 Å². The molecule has 2 amide bonds. The molecule has 0 unspecified atom stereocenters. The van der Waals surface area contributed by atoms with Gasteiger partial charge in [-0.2, -0.15) is 0 Å². The van der Waals surface area contributed by atoms with E-state index < -0.39 is 23.2 Å². The van der Waals surface area contributed by atoms with Crippen LogP contribution in [0.2, 0.25) is 0 Å². The van der Waals surface area contributed by atoms with Gasteiger partial charge >= 0.3 is 6.09 Å². The van der Waals surface area contributed by atoms with Crippen molar-refractivity contribution in [3.8, 4) is 0 Å². The van der Waals surface area contributed by atoms with Crippen molar-refractivity contribution < 1.29 is 23.5 Å². The number of amides is 2. The third kappa shape index (κ3) is 5.08. The number of nitrogens with zero attached hydrogens (tertiary/aromatic N) is 4. The lowest BCUT2D eigenvalue weighted by atomic mass is 10.1. The zero-order valence-corrected chi connectivity index (χ0v) is 20.4. The van der Waals surface area contributed by atoms with Crippen molar-refractivity contribution in [2.45, 2.75) is 0 Å². The lowest BCUT2D eigenvalue weighted by Gasteiger charge is -2.35. The third-order valence-electron chi connectivity index (χ3n) is 6.88. The standard InChI is InChI=1S/C26H28FN5O5/c1-29-6-8-31(9-7-29)21-15-17(27)14-18-22(33)16-23(37-24(18)21)25(34)28-19-4-2-3-5-20(19)30-10-12-32(13-11-30)26(35)36/h2-5,14-16H,6-13H2,1H3,(H,28,34)(H,35,36). The highest BCUT2D eigenvalue weighted by atomic mass is 19.1. The fourth-order valence-electron chi connectivity index (χ4n) is 4.78. The van der Waals surface area contributed by atoms with Crippen molar-refractivity contribution in [3.63, 3.8) is 0 Å². The number of carbonyl (C=O) groups is 2. The number of piperazine rings is 2. The smallest absolute Gasteiger partial charge is 0.407 e. The molecule has 37 heavy (non-hydrogen) atoms. The van der Waals surface area contributed by atoms with E-state index in [1.165, 1.54) is 11.0 Å². The minimum Gasteiger partial charge on any atom is -0.465 e. The maximum atomic E-state index is 14.4. The van der Waals surface area contributed by atoms with E-state index in [4.69, 9.17) is 4.42 Å². The summed E-state index contributed by atoms with van der Waals surface area (Å²) in [6.07, 6.45) is -0.955. The second-order valence-electron chi connectivity index (χ2n) is 9.29. The Kier molecular flexibility index (Phi) is 6.70. The largest absolute Gasteiger partial charge is 0.465 e. The summed E-state index contributed by atoms with van der Waals surface area (Å²) in [6.45, 7) is 4.48. The number of benzene rings is 2. The second kappa shape index (κ2) is 10.1. The van der Waals surface area contributed by atoms with E-state index in [2.05, 4.69) is 10.2 Å². The maximum Gasteiger partial charge on any atom is 0.407 e. The molecule has 0 radical (unpaired) electrons.